The number of benzene rings is 3. The standard InChI is InChI=1S/C21H16ClN3O4S/c22-16-4-6-17(7-5-16)25-30(27,28)20-10-8-19(9-11-20)29-14-21(26)24-18-3-1-2-15(12-18)13-23/h1-12,25H,14H2,(H,24,26). The maximum absolute atomic E-state index is 12.4. The molecule has 0 heterocycles. The first-order valence-corrected chi connectivity index (χ1v) is 10.5. The Labute approximate surface area is 178 Å². The van der Waals surface area contributed by atoms with E-state index in [0.717, 1.165) is 0 Å². The summed E-state index contributed by atoms with van der Waals surface area (Å²) < 4.78 is 32.7. The van der Waals surface area contributed by atoms with Gasteiger partial charge in [-0.15, -0.1) is 0 Å². The molecule has 30 heavy (non-hydrogen) atoms. The Morgan fingerprint density at radius 2 is 1.70 bits per heavy atom. The highest BCUT2D eigenvalue weighted by Crippen LogP contribution is 2.20. The molecule has 0 aliphatic carbocycles. The normalized spacial score (nSPS) is 10.7. The molecule has 0 atom stereocenters. The minimum Gasteiger partial charge on any atom is -0.484 e. The molecule has 3 aromatic rings. The van der Waals surface area contributed by atoms with Crippen LogP contribution in [0.15, 0.2) is 77.7 Å². The van der Waals surface area contributed by atoms with Crippen molar-refractivity contribution in [2.75, 3.05) is 16.6 Å². The first kappa shape index (κ1) is 21.2. The number of hydrogen-bond donors (Lipinski definition) is 2. The molecule has 152 valence electrons. The van der Waals surface area contributed by atoms with Crippen LogP contribution in [0.4, 0.5) is 11.4 Å². The molecule has 0 saturated carbocycles. The average molecular weight is 442 g/mol. The number of ether oxygens (including phenoxy) is 1. The number of rotatable bonds is 7. The second kappa shape index (κ2) is 9.31. The van der Waals surface area contributed by atoms with Crippen LogP contribution in [0, 0.1) is 11.3 Å². The number of sulfonamides is 1. The summed E-state index contributed by atoms with van der Waals surface area (Å²) in [5.74, 6) is -0.0763. The molecule has 0 aliphatic rings. The Bertz CT molecular complexity index is 1190. The van der Waals surface area contributed by atoms with Gasteiger partial charge in [0.25, 0.3) is 15.9 Å². The van der Waals surface area contributed by atoms with Gasteiger partial charge in [0.1, 0.15) is 5.75 Å². The van der Waals surface area contributed by atoms with E-state index in [0.29, 0.717) is 27.7 Å². The number of carbonyl (C=O) groups is 1. The Morgan fingerprint density at radius 1 is 1.00 bits per heavy atom. The van der Waals surface area contributed by atoms with Crippen molar-refractivity contribution in [3.8, 4) is 11.8 Å². The average Bonchev–Trinajstić information content (AvgIpc) is 2.74. The minimum absolute atomic E-state index is 0.0440. The van der Waals surface area contributed by atoms with E-state index in [2.05, 4.69) is 10.0 Å². The first-order valence-electron chi connectivity index (χ1n) is 8.67. The summed E-state index contributed by atoms with van der Waals surface area (Å²) in [7, 11) is -3.78. The van der Waals surface area contributed by atoms with Crippen LogP contribution >= 0.6 is 11.6 Å². The molecule has 0 aromatic heterocycles. The number of amides is 1. The van der Waals surface area contributed by atoms with Crippen molar-refractivity contribution in [3.05, 3.63) is 83.4 Å². The van der Waals surface area contributed by atoms with Crippen LogP contribution in [0.2, 0.25) is 5.02 Å². The molecular formula is C21H16ClN3O4S. The third kappa shape index (κ3) is 5.73. The molecule has 0 bridgehead atoms. The van der Waals surface area contributed by atoms with Gasteiger partial charge in [0.15, 0.2) is 6.61 Å². The van der Waals surface area contributed by atoms with E-state index >= 15 is 0 Å². The lowest BCUT2D eigenvalue weighted by Crippen LogP contribution is -2.20. The molecule has 1 amide bonds. The van der Waals surface area contributed by atoms with Crippen LogP contribution in [-0.2, 0) is 14.8 Å². The van der Waals surface area contributed by atoms with Crippen molar-refractivity contribution in [2.24, 2.45) is 0 Å². The summed E-state index contributed by atoms with van der Waals surface area (Å²) in [5, 5.41) is 12.0. The molecule has 2 N–H and O–H groups in total. The van der Waals surface area contributed by atoms with E-state index in [4.69, 9.17) is 21.6 Å². The van der Waals surface area contributed by atoms with Gasteiger partial charge in [-0.3, -0.25) is 9.52 Å². The van der Waals surface area contributed by atoms with Gasteiger partial charge >= 0.3 is 0 Å². The van der Waals surface area contributed by atoms with Crippen LogP contribution in [0.3, 0.4) is 0 Å². The summed E-state index contributed by atoms with van der Waals surface area (Å²) in [6.07, 6.45) is 0. The van der Waals surface area contributed by atoms with Gasteiger partial charge in [-0.1, -0.05) is 17.7 Å². The highest BCUT2D eigenvalue weighted by Gasteiger charge is 2.14. The number of hydrogen-bond acceptors (Lipinski definition) is 5. The number of nitriles is 1. The summed E-state index contributed by atoms with van der Waals surface area (Å²) in [4.78, 5) is 12.0. The summed E-state index contributed by atoms with van der Waals surface area (Å²) in [6.45, 7) is -0.272. The van der Waals surface area contributed by atoms with Gasteiger partial charge in [-0.2, -0.15) is 5.26 Å². The van der Waals surface area contributed by atoms with Crippen molar-refractivity contribution in [2.45, 2.75) is 4.90 Å². The van der Waals surface area contributed by atoms with Crippen LogP contribution in [0.1, 0.15) is 5.56 Å². The zero-order chi connectivity index (χ0) is 21.6. The van der Waals surface area contributed by atoms with E-state index < -0.39 is 15.9 Å². The quantitative estimate of drug-likeness (QED) is 0.575. The molecule has 3 rings (SSSR count). The topological polar surface area (TPSA) is 108 Å². The smallest absolute Gasteiger partial charge is 0.262 e. The van der Waals surface area contributed by atoms with Gasteiger partial charge in [-0.25, -0.2) is 8.42 Å². The lowest BCUT2D eigenvalue weighted by atomic mass is 10.2. The zero-order valence-electron chi connectivity index (χ0n) is 15.5. The van der Waals surface area contributed by atoms with E-state index in [1.165, 1.54) is 24.3 Å². The highest BCUT2D eigenvalue weighted by atomic mass is 35.5. The number of carbonyl (C=O) groups excluding carboxylic acids is 1. The number of halogens is 1. The number of nitrogens with one attached hydrogen (secondary N) is 2. The SMILES string of the molecule is N#Cc1cccc(NC(=O)COc2ccc(S(=O)(=O)Nc3ccc(Cl)cc3)cc2)c1. The second-order valence-corrected chi connectivity index (χ2v) is 8.23. The minimum atomic E-state index is -3.78. The fourth-order valence-corrected chi connectivity index (χ4v) is 3.64. The molecule has 3 aromatic carbocycles. The lowest BCUT2D eigenvalue weighted by molar-refractivity contribution is -0.118. The van der Waals surface area contributed by atoms with Crippen LogP contribution < -0.4 is 14.8 Å². The van der Waals surface area contributed by atoms with Crippen LogP contribution in [-0.4, -0.2) is 20.9 Å². The molecule has 7 nitrogen and oxygen atoms in total. The maximum atomic E-state index is 12.4. The Balaban J connectivity index is 1.58. The largest absolute Gasteiger partial charge is 0.484 e. The van der Waals surface area contributed by atoms with Gasteiger partial charge in [0.05, 0.1) is 16.5 Å². The summed E-state index contributed by atoms with van der Waals surface area (Å²) in [5.41, 5.74) is 1.30. The molecule has 0 radical (unpaired) electrons. The van der Waals surface area contributed by atoms with E-state index in [1.807, 2.05) is 6.07 Å². The van der Waals surface area contributed by atoms with Gasteiger partial charge in [0.2, 0.25) is 0 Å². The van der Waals surface area contributed by atoms with Crippen molar-refractivity contribution < 1.29 is 17.9 Å². The van der Waals surface area contributed by atoms with Crippen molar-refractivity contribution in [3.63, 3.8) is 0 Å². The Kier molecular flexibility index (Phi) is 6.57. The van der Waals surface area contributed by atoms with E-state index in [9.17, 15) is 13.2 Å². The molecular weight excluding hydrogens is 426 g/mol. The fraction of sp³-hybridized carbons (Fsp3) is 0.0476. The lowest BCUT2D eigenvalue weighted by Gasteiger charge is -2.10. The molecule has 0 fully saturated rings. The molecule has 9 heteroatoms. The van der Waals surface area contributed by atoms with Gasteiger partial charge in [0, 0.05) is 16.4 Å². The molecule has 0 saturated heterocycles. The third-order valence-electron chi connectivity index (χ3n) is 3.88. The predicted octanol–water partition coefficient (Wildman–Crippen LogP) is 4.03. The highest BCUT2D eigenvalue weighted by molar-refractivity contribution is 7.92. The number of nitrogens with zero attached hydrogens (tertiary/aromatic N) is 1. The van der Waals surface area contributed by atoms with Gasteiger partial charge in [-0.05, 0) is 66.7 Å². The summed E-state index contributed by atoms with van der Waals surface area (Å²) >= 11 is 5.80. The number of anilines is 2. The zero-order valence-corrected chi connectivity index (χ0v) is 17.1. The monoisotopic (exact) mass is 441 g/mol. The summed E-state index contributed by atoms with van der Waals surface area (Å²) in [6, 6.07) is 20.4. The Hall–Kier alpha value is -3.54. The molecule has 0 aliphatic heterocycles. The van der Waals surface area contributed by atoms with Crippen LogP contribution in [0.25, 0.3) is 0 Å². The first-order chi connectivity index (χ1) is 14.4. The molecule has 0 spiro atoms. The predicted molar refractivity (Wildman–Crippen MR) is 114 cm³/mol. The maximum Gasteiger partial charge on any atom is 0.262 e. The van der Waals surface area contributed by atoms with E-state index in [-0.39, 0.29) is 11.5 Å². The van der Waals surface area contributed by atoms with Crippen molar-refractivity contribution >= 4 is 38.9 Å². The second-order valence-electron chi connectivity index (χ2n) is 6.11. The third-order valence-corrected chi connectivity index (χ3v) is 5.53. The van der Waals surface area contributed by atoms with E-state index in [1.54, 1.807) is 48.5 Å². The van der Waals surface area contributed by atoms with Crippen LogP contribution in [0.5, 0.6) is 5.75 Å². The van der Waals surface area contributed by atoms with Gasteiger partial charge < -0.3 is 10.1 Å². The fourth-order valence-electron chi connectivity index (χ4n) is 2.46. The molecule has 0 unspecified atom stereocenters. The Morgan fingerprint density at radius 3 is 2.37 bits per heavy atom. The van der Waals surface area contributed by atoms with Crippen molar-refractivity contribution in [1.29, 1.82) is 5.26 Å². The van der Waals surface area contributed by atoms with Crippen molar-refractivity contribution in [1.82, 2.24) is 0 Å².